The van der Waals surface area contributed by atoms with Crippen LogP contribution in [0.3, 0.4) is 0 Å². The molecule has 0 fully saturated rings. The Labute approximate surface area is 157 Å². The van der Waals surface area contributed by atoms with Crippen molar-refractivity contribution in [2.45, 2.75) is 0 Å². The predicted molar refractivity (Wildman–Crippen MR) is 100 cm³/mol. The van der Waals surface area contributed by atoms with Gasteiger partial charge in [0, 0.05) is 35.0 Å². The van der Waals surface area contributed by atoms with E-state index in [1.807, 2.05) is 43.6 Å². The van der Waals surface area contributed by atoms with Crippen molar-refractivity contribution in [3.8, 4) is 16.8 Å². The second kappa shape index (κ2) is 6.38. The maximum Gasteiger partial charge on any atom is 0.359 e. The van der Waals surface area contributed by atoms with Gasteiger partial charge in [-0.05, 0) is 24.3 Å². The van der Waals surface area contributed by atoms with Gasteiger partial charge in [0.2, 0.25) is 0 Å². The largest absolute Gasteiger partial charge is 0.464 e. The van der Waals surface area contributed by atoms with Crippen LogP contribution >= 0.6 is 15.9 Å². The number of carbonyl (C=O) groups excluding carboxylic acids is 1. The van der Waals surface area contributed by atoms with E-state index >= 15 is 0 Å². The summed E-state index contributed by atoms with van der Waals surface area (Å²) in [4.78, 5) is 16.8. The molecule has 4 rings (SSSR count). The van der Waals surface area contributed by atoms with Crippen LogP contribution in [0.1, 0.15) is 10.5 Å². The number of methoxy groups -OCH3 is 1. The first-order chi connectivity index (χ1) is 12.6. The molecule has 0 radical (unpaired) electrons. The number of carbonyl (C=O) groups is 1. The minimum atomic E-state index is -0.506. The van der Waals surface area contributed by atoms with Crippen molar-refractivity contribution in [1.82, 2.24) is 24.5 Å². The average Bonchev–Trinajstić information content (AvgIpc) is 3.24. The molecule has 3 heterocycles. The molecule has 0 atom stereocenters. The number of aromatic nitrogens is 5. The first-order valence-corrected chi connectivity index (χ1v) is 8.58. The lowest BCUT2D eigenvalue weighted by molar-refractivity contribution is 0.0595. The summed E-state index contributed by atoms with van der Waals surface area (Å²) in [6.07, 6.45) is 5.38. The number of fused-ring (bicyclic) bond motifs is 1. The monoisotopic (exact) mass is 411 g/mol. The van der Waals surface area contributed by atoms with E-state index in [9.17, 15) is 4.79 Å². The lowest BCUT2D eigenvalue weighted by Gasteiger charge is -2.03. The van der Waals surface area contributed by atoms with Crippen molar-refractivity contribution in [3.05, 3.63) is 59.1 Å². The summed E-state index contributed by atoms with van der Waals surface area (Å²) in [7, 11) is 3.19. The van der Waals surface area contributed by atoms with Gasteiger partial charge in [-0.1, -0.05) is 22.0 Å². The Morgan fingerprint density at radius 1 is 1.19 bits per heavy atom. The number of rotatable bonds is 3. The summed E-state index contributed by atoms with van der Waals surface area (Å²) < 4.78 is 9.16. The molecule has 4 aromatic rings. The van der Waals surface area contributed by atoms with Crippen molar-refractivity contribution in [1.29, 1.82) is 0 Å². The Morgan fingerprint density at radius 2 is 2.04 bits per heavy atom. The first-order valence-electron chi connectivity index (χ1n) is 7.79. The molecule has 130 valence electrons. The zero-order valence-electron chi connectivity index (χ0n) is 14.0. The predicted octanol–water partition coefficient (Wildman–Crippen LogP) is 3.37. The van der Waals surface area contributed by atoms with Crippen molar-refractivity contribution in [2.75, 3.05) is 7.11 Å². The summed E-state index contributed by atoms with van der Waals surface area (Å²) >= 11 is 3.45. The van der Waals surface area contributed by atoms with Gasteiger partial charge in [-0.15, -0.1) is 0 Å². The molecule has 0 saturated carbocycles. The smallest absolute Gasteiger partial charge is 0.359 e. The van der Waals surface area contributed by atoms with E-state index in [-0.39, 0.29) is 5.69 Å². The maximum atomic E-state index is 12.2. The molecule has 1 aromatic carbocycles. The zero-order chi connectivity index (χ0) is 18.3. The van der Waals surface area contributed by atoms with Crippen LogP contribution in [0.5, 0.6) is 0 Å². The van der Waals surface area contributed by atoms with Gasteiger partial charge >= 0.3 is 5.97 Å². The fraction of sp³-hybridized carbons (Fsp3) is 0.111. The third-order valence-corrected chi connectivity index (χ3v) is 4.49. The lowest BCUT2D eigenvalue weighted by atomic mass is 10.1. The van der Waals surface area contributed by atoms with Crippen molar-refractivity contribution in [2.24, 2.45) is 7.05 Å². The third-order valence-electron chi connectivity index (χ3n) is 3.99. The van der Waals surface area contributed by atoms with Crippen LogP contribution in [0.2, 0.25) is 0 Å². The van der Waals surface area contributed by atoms with E-state index in [1.165, 1.54) is 7.11 Å². The highest BCUT2D eigenvalue weighted by Crippen LogP contribution is 2.27. The van der Waals surface area contributed by atoms with Gasteiger partial charge in [0.05, 0.1) is 24.4 Å². The molecule has 0 aliphatic carbocycles. The highest BCUT2D eigenvalue weighted by Gasteiger charge is 2.20. The molecule has 0 aliphatic heterocycles. The molecule has 0 unspecified atom stereocenters. The van der Waals surface area contributed by atoms with Crippen LogP contribution in [-0.2, 0) is 11.8 Å². The van der Waals surface area contributed by atoms with Crippen LogP contribution in [0.15, 0.2) is 53.4 Å². The van der Waals surface area contributed by atoms with Gasteiger partial charge in [-0.2, -0.15) is 10.2 Å². The van der Waals surface area contributed by atoms with Gasteiger partial charge in [-0.3, -0.25) is 4.68 Å². The van der Waals surface area contributed by atoms with Gasteiger partial charge in [-0.25, -0.2) is 14.5 Å². The van der Waals surface area contributed by atoms with E-state index in [0.29, 0.717) is 11.0 Å². The Hall–Kier alpha value is -3.00. The number of halogens is 1. The SMILES string of the molecule is COC(=O)c1nn(-c2cccc(Br)c2)c2ncc(-c3cnn(C)c3)cc12. The van der Waals surface area contributed by atoms with Gasteiger partial charge < -0.3 is 4.74 Å². The molecular formula is C18H14BrN5O2. The van der Waals surface area contributed by atoms with E-state index in [1.54, 1.807) is 21.8 Å². The quantitative estimate of drug-likeness (QED) is 0.483. The number of benzene rings is 1. The number of hydrogen-bond acceptors (Lipinski definition) is 5. The van der Waals surface area contributed by atoms with Crippen molar-refractivity contribution >= 4 is 32.9 Å². The van der Waals surface area contributed by atoms with E-state index in [4.69, 9.17) is 4.74 Å². The fourth-order valence-corrected chi connectivity index (χ4v) is 3.15. The minimum Gasteiger partial charge on any atom is -0.464 e. The normalized spacial score (nSPS) is 11.0. The van der Waals surface area contributed by atoms with Crippen LogP contribution < -0.4 is 0 Å². The Bertz CT molecular complexity index is 1130. The van der Waals surface area contributed by atoms with Crippen LogP contribution in [0, 0.1) is 0 Å². The molecule has 26 heavy (non-hydrogen) atoms. The number of nitrogens with zero attached hydrogens (tertiary/aromatic N) is 5. The lowest BCUT2D eigenvalue weighted by Crippen LogP contribution is -2.04. The molecule has 8 heteroatoms. The van der Waals surface area contributed by atoms with Crippen molar-refractivity contribution < 1.29 is 9.53 Å². The summed E-state index contributed by atoms with van der Waals surface area (Å²) in [6, 6.07) is 9.51. The van der Waals surface area contributed by atoms with Crippen LogP contribution in [-0.4, -0.2) is 37.6 Å². The second-order valence-corrected chi connectivity index (χ2v) is 6.65. The van der Waals surface area contributed by atoms with Gasteiger partial charge in [0.25, 0.3) is 0 Å². The summed E-state index contributed by atoms with van der Waals surface area (Å²) in [5.74, 6) is -0.506. The van der Waals surface area contributed by atoms with E-state index < -0.39 is 5.97 Å². The van der Waals surface area contributed by atoms with Crippen LogP contribution in [0.25, 0.3) is 27.8 Å². The molecule has 0 amide bonds. The molecule has 7 nitrogen and oxygen atoms in total. The second-order valence-electron chi connectivity index (χ2n) is 5.73. The molecule has 0 bridgehead atoms. The van der Waals surface area contributed by atoms with E-state index in [2.05, 4.69) is 31.1 Å². The molecule has 0 spiro atoms. The summed E-state index contributed by atoms with van der Waals surface area (Å²) in [5, 5.41) is 9.25. The molecule has 0 aliphatic rings. The van der Waals surface area contributed by atoms with Crippen LogP contribution in [0.4, 0.5) is 0 Å². The van der Waals surface area contributed by atoms with E-state index in [0.717, 1.165) is 21.3 Å². The van der Waals surface area contributed by atoms with Gasteiger partial charge in [0.15, 0.2) is 11.3 Å². The average molecular weight is 412 g/mol. The highest BCUT2D eigenvalue weighted by atomic mass is 79.9. The number of pyridine rings is 1. The number of ether oxygens (including phenoxy) is 1. The third kappa shape index (κ3) is 2.78. The molecule has 0 N–H and O–H groups in total. The summed E-state index contributed by atoms with van der Waals surface area (Å²) in [5.41, 5.74) is 3.36. The molecular weight excluding hydrogens is 398 g/mol. The highest BCUT2D eigenvalue weighted by molar-refractivity contribution is 9.10. The molecule has 0 saturated heterocycles. The zero-order valence-corrected chi connectivity index (χ0v) is 15.6. The topological polar surface area (TPSA) is 74.8 Å². The van der Waals surface area contributed by atoms with Crippen molar-refractivity contribution in [3.63, 3.8) is 0 Å². The Kier molecular flexibility index (Phi) is 4.04. The van der Waals surface area contributed by atoms with Gasteiger partial charge in [0.1, 0.15) is 0 Å². The first kappa shape index (κ1) is 16.5. The number of aryl methyl sites for hydroxylation is 1. The summed E-state index contributed by atoms with van der Waals surface area (Å²) in [6.45, 7) is 0. The maximum absolute atomic E-state index is 12.2. The fourth-order valence-electron chi connectivity index (χ4n) is 2.77. The minimum absolute atomic E-state index is 0.223. The standard InChI is InChI=1S/C18H14BrN5O2/c1-23-10-12(9-21-23)11-6-15-16(18(25)26-2)22-24(17(15)20-8-11)14-5-3-4-13(19)7-14/h3-10H,1-2H3. The Morgan fingerprint density at radius 3 is 2.73 bits per heavy atom. The number of esters is 1. The Balaban J connectivity index is 1.96. The number of hydrogen-bond donors (Lipinski definition) is 0. The molecule has 3 aromatic heterocycles.